The van der Waals surface area contributed by atoms with Gasteiger partial charge in [-0.3, -0.25) is 0 Å². The Hall–Kier alpha value is -1.23. The quantitative estimate of drug-likeness (QED) is 0.493. The first-order valence-corrected chi connectivity index (χ1v) is 7.60. The first-order chi connectivity index (χ1) is 9.99. The third-order valence-electron chi connectivity index (χ3n) is 3.20. The van der Waals surface area contributed by atoms with Crippen LogP contribution in [0.2, 0.25) is 10.2 Å². The molecule has 0 saturated carbocycles. The van der Waals surface area contributed by atoms with E-state index in [1.165, 1.54) is 6.07 Å². The van der Waals surface area contributed by atoms with Crippen molar-refractivity contribution in [3.8, 4) is 11.4 Å². The Morgan fingerprint density at radius 1 is 1.10 bits per heavy atom. The van der Waals surface area contributed by atoms with Gasteiger partial charge in [-0.15, -0.1) is 0 Å². The predicted molar refractivity (Wildman–Crippen MR) is 87.4 cm³/mol. The van der Waals surface area contributed by atoms with Gasteiger partial charge in [-0.1, -0.05) is 45.2 Å². The van der Waals surface area contributed by atoms with Gasteiger partial charge in [0.05, 0.1) is 16.1 Å². The molecule has 6 heteroatoms. The number of hydrogen-bond donors (Lipinski definition) is 0. The molecule has 0 aliphatic carbocycles. The summed E-state index contributed by atoms with van der Waals surface area (Å²) in [4.78, 5) is 8.63. The van der Waals surface area contributed by atoms with Gasteiger partial charge in [0.25, 0.3) is 0 Å². The Morgan fingerprint density at radius 2 is 1.86 bits per heavy atom. The van der Waals surface area contributed by atoms with Gasteiger partial charge in [-0.05, 0) is 36.8 Å². The van der Waals surface area contributed by atoms with Crippen LogP contribution in [0.5, 0.6) is 0 Å². The molecule has 0 N–H and O–H groups in total. The van der Waals surface area contributed by atoms with Crippen molar-refractivity contribution >= 4 is 50.0 Å². The van der Waals surface area contributed by atoms with E-state index >= 15 is 0 Å². The third-order valence-corrected chi connectivity index (χ3v) is 4.64. The van der Waals surface area contributed by atoms with Gasteiger partial charge in [-0.25, -0.2) is 14.4 Å². The van der Waals surface area contributed by atoms with Crippen molar-refractivity contribution in [1.29, 1.82) is 0 Å². The van der Waals surface area contributed by atoms with Gasteiger partial charge in [-0.2, -0.15) is 0 Å². The first-order valence-electron chi connectivity index (χ1n) is 6.06. The highest BCUT2D eigenvalue weighted by atomic mass is 79.9. The molecule has 0 bridgehead atoms. The van der Waals surface area contributed by atoms with E-state index in [1.54, 1.807) is 12.1 Å². The van der Waals surface area contributed by atoms with Crippen molar-refractivity contribution in [2.75, 3.05) is 0 Å². The second-order valence-electron chi connectivity index (χ2n) is 4.51. The molecule has 0 spiro atoms. The third kappa shape index (κ3) is 2.52. The molecule has 0 aliphatic rings. The van der Waals surface area contributed by atoms with E-state index in [2.05, 4.69) is 25.9 Å². The zero-order valence-corrected chi connectivity index (χ0v) is 13.9. The van der Waals surface area contributed by atoms with Crippen LogP contribution in [0.15, 0.2) is 34.8 Å². The maximum absolute atomic E-state index is 14.1. The molecule has 1 heterocycles. The van der Waals surface area contributed by atoms with Crippen molar-refractivity contribution in [3.05, 3.63) is 56.4 Å². The zero-order valence-electron chi connectivity index (χ0n) is 10.8. The highest BCUT2D eigenvalue weighted by Gasteiger charge is 2.15. The standard InChI is InChI=1S/C15H8BrCl2FN2/c1-7-10(16)6-5-9-13(7)20-15(21-14(9)18)8-3-2-4-11(17)12(8)19/h2-6H,1H3. The molecule has 3 rings (SSSR count). The summed E-state index contributed by atoms with van der Waals surface area (Å²) in [6.45, 7) is 1.91. The van der Waals surface area contributed by atoms with E-state index in [1.807, 2.05) is 19.1 Å². The summed E-state index contributed by atoms with van der Waals surface area (Å²) in [6, 6.07) is 8.41. The lowest BCUT2D eigenvalue weighted by atomic mass is 10.1. The number of aryl methyl sites for hydroxylation is 1. The molecule has 0 fully saturated rings. The minimum Gasteiger partial charge on any atom is -0.227 e. The molecule has 0 aliphatic heterocycles. The maximum atomic E-state index is 14.1. The average Bonchev–Trinajstić information content (AvgIpc) is 2.46. The predicted octanol–water partition coefficient (Wildman–Crippen LogP) is 5.81. The van der Waals surface area contributed by atoms with Crippen LogP contribution in [0.25, 0.3) is 22.3 Å². The van der Waals surface area contributed by atoms with Crippen LogP contribution in [0.4, 0.5) is 4.39 Å². The van der Waals surface area contributed by atoms with Crippen molar-refractivity contribution in [3.63, 3.8) is 0 Å². The van der Waals surface area contributed by atoms with E-state index < -0.39 is 5.82 Å². The molecule has 0 atom stereocenters. The molecule has 2 aromatic carbocycles. The number of hydrogen-bond acceptors (Lipinski definition) is 2. The fourth-order valence-corrected chi connectivity index (χ4v) is 2.79. The van der Waals surface area contributed by atoms with Gasteiger partial charge >= 0.3 is 0 Å². The van der Waals surface area contributed by atoms with E-state index in [0.717, 1.165) is 15.4 Å². The molecular formula is C15H8BrCl2FN2. The maximum Gasteiger partial charge on any atom is 0.164 e. The van der Waals surface area contributed by atoms with Gasteiger partial charge in [0.15, 0.2) is 11.6 Å². The Kier molecular flexibility index (Phi) is 3.86. The SMILES string of the molecule is Cc1c(Br)ccc2c(Cl)nc(-c3cccc(Cl)c3F)nc12. The summed E-state index contributed by atoms with van der Waals surface area (Å²) < 4.78 is 15.0. The molecule has 3 aromatic rings. The van der Waals surface area contributed by atoms with Crippen LogP contribution in [0, 0.1) is 12.7 Å². The van der Waals surface area contributed by atoms with Crippen LogP contribution < -0.4 is 0 Å². The highest BCUT2D eigenvalue weighted by Crippen LogP contribution is 2.32. The second kappa shape index (κ2) is 5.52. The molecule has 0 radical (unpaired) electrons. The molecule has 106 valence electrons. The summed E-state index contributed by atoms with van der Waals surface area (Å²) in [6.07, 6.45) is 0. The van der Waals surface area contributed by atoms with Crippen LogP contribution in [0.1, 0.15) is 5.56 Å². The van der Waals surface area contributed by atoms with Crippen LogP contribution in [-0.4, -0.2) is 9.97 Å². The van der Waals surface area contributed by atoms with Crippen LogP contribution in [-0.2, 0) is 0 Å². The average molecular weight is 386 g/mol. The lowest BCUT2D eigenvalue weighted by molar-refractivity contribution is 0.630. The number of fused-ring (bicyclic) bond motifs is 1. The van der Waals surface area contributed by atoms with Gasteiger partial charge < -0.3 is 0 Å². The molecule has 0 unspecified atom stereocenters. The lowest BCUT2D eigenvalue weighted by Gasteiger charge is -2.09. The Morgan fingerprint density at radius 3 is 2.62 bits per heavy atom. The number of aromatic nitrogens is 2. The van der Waals surface area contributed by atoms with Crippen LogP contribution >= 0.6 is 39.1 Å². The number of halogens is 4. The highest BCUT2D eigenvalue weighted by molar-refractivity contribution is 9.10. The zero-order chi connectivity index (χ0) is 15.1. The van der Waals surface area contributed by atoms with Gasteiger partial charge in [0.2, 0.25) is 0 Å². The lowest BCUT2D eigenvalue weighted by Crippen LogP contribution is -1.96. The van der Waals surface area contributed by atoms with Crippen molar-refractivity contribution in [1.82, 2.24) is 9.97 Å². The largest absolute Gasteiger partial charge is 0.227 e. The van der Waals surface area contributed by atoms with E-state index in [4.69, 9.17) is 23.2 Å². The first kappa shape index (κ1) is 14.7. The normalized spacial score (nSPS) is 11.1. The molecule has 2 nitrogen and oxygen atoms in total. The summed E-state index contributed by atoms with van der Waals surface area (Å²) in [5.74, 6) is -0.337. The molecular weight excluding hydrogens is 378 g/mol. The van der Waals surface area contributed by atoms with E-state index in [-0.39, 0.29) is 21.6 Å². The monoisotopic (exact) mass is 384 g/mol. The fraction of sp³-hybridized carbons (Fsp3) is 0.0667. The summed E-state index contributed by atoms with van der Waals surface area (Å²) >= 11 is 15.5. The molecule has 21 heavy (non-hydrogen) atoms. The molecule has 1 aromatic heterocycles. The van der Waals surface area contributed by atoms with E-state index in [0.29, 0.717) is 5.52 Å². The smallest absolute Gasteiger partial charge is 0.164 e. The van der Waals surface area contributed by atoms with Crippen molar-refractivity contribution in [2.24, 2.45) is 0 Å². The fourth-order valence-electron chi connectivity index (χ4n) is 2.07. The number of benzene rings is 2. The molecule has 0 saturated heterocycles. The number of rotatable bonds is 1. The summed E-state index contributed by atoms with van der Waals surface area (Å²) in [5, 5.41) is 1.03. The Bertz CT molecular complexity index is 868. The second-order valence-corrected chi connectivity index (χ2v) is 6.13. The van der Waals surface area contributed by atoms with Crippen LogP contribution in [0.3, 0.4) is 0 Å². The minimum absolute atomic E-state index is 0.0262. The van der Waals surface area contributed by atoms with E-state index in [9.17, 15) is 4.39 Å². The van der Waals surface area contributed by atoms with Crippen molar-refractivity contribution in [2.45, 2.75) is 6.92 Å². The summed E-state index contributed by atoms with van der Waals surface area (Å²) in [7, 11) is 0. The summed E-state index contributed by atoms with van der Waals surface area (Å²) in [5.41, 5.74) is 1.82. The number of nitrogens with zero attached hydrogens (tertiary/aromatic N) is 2. The molecule has 0 amide bonds. The van der Waals surface area contributed by atoms with Gasteiger partial charge in [0.1, 0.15) is 5.15 Å². The van der Waals surface area contributed by atoms with Gasteiger partial charge in [0, 0.05) is 9.86 Å². The topological polar surface area (TPSA) is 25.8 Å². The van der Waals surface area contributed by atoms with Crippen molar-refractivity contribution < 1.29 is 4.39 Å². The Balaban J connectivity index is 2.35. The Labute approximate surface area is 139 Å². The minimum atomic E-state index is -0.553.